The summed E-state index contributed by atoms with van der Waals surface area (Å²) in [5.41, 5.74) is 0.266. The molecule has 0 N–H and O–H groups in total. The molecule has 1 aliphatic heterocycles. The third kappa shape index (κ3) is 3.97. The van der Waals surface area contributed by atoms with E-state index in [9.17, 15) is 4.79 Å². The first-order valence-corrected chi connectivity index (χ1v) is 8.56. The van der Waals surface area contributed by atoms with Crippen molar-refractivity contribution >= 4 is 21.8 Å². The normalized spacial score (nSPS) is 22.1. The number of alkyl halides is 1. The number of amides is 1. The van der Waals surface area contributed by atoms with Crippen LogP contribution in [0.25, 0.3) is 0 Å². The quantitative estimate of drug-likeness (QED) is 0.671. The maximum absolute atomic E-state index is 12.2. The van der Waals surface area contributed by atoms with Gasteiger partial charge >= 0.3 is 0 Å². The monoisotopic (exact) mass is 317 g/mol. The Labute approximate surface area is 121 Å². The third-order valence-electron chi connectivity index (χ3n) is 4.81. The molecule has 1 heterocycles. The molecule has 1 aliphatic rings. The summed E-state index contributed by atoms with van der Waals surface area (Å²) in [6, 6.07) is 0. The number of hydrogen-bond acceptors (Lipinski definition) is 1. The first-order chi connectivity index (χ1) is 8.60. The molecule has 3 heteroatoms. The van der Waals surface area contributed by atoms with Gasteiger partial charge in [0.2, 0.25) is 5.91 Å². The Morgan fingerprint density at radius 1 is 1.28 bits per heavy atom. The molecule has 1 amide bonds. The van der Waals surface area contributed by atoms with Crippen molar-refractivity contribution in [3.8, 4) is 0 Å². The highest BCUT2D eigenvalue weighted by molar-refractivity contribution is 9.09. The zero-order valence-electron chi connectivity index (χ0n) is 12.2. The lowest BCUT2D eigenvalue weighted by molar-refractivity contribution is -0.132. The summed E-state index contributed by atoms with van der Waals surface area (Å²) in [4.78, 5) is 14.3. The van der Waals surface area contributed by atoms with Crippen molar-refractivity contribution in [1.82, 2.24) is 4.90 Å². The molecule has 1 saturated heterocycles. The molecule has 0 aromatic carbocycles. The minimum atomic E-state index is 0.266. The number of halogens is 1. The summed E-state index contributed by atoms with van der Waals surface area (Å²) in [5, 5.41) is 0.994. The van der Waals surface area contributed by atoms with Crippen LogP contribution in [0.3, 0.4) is 0 Å². The molecule has 1 rings (SSSR count). The van der Waals surface area contributed by atoms with E-state index in [0.29, 0.717) is 5.91 Å². The Balaban J connectivity index is 2.67. The molecule has 0 aromatic rings. The molecule has 2 nitrogen and oxygen atoms in total. The Morgan fingerprint density at radius 3 is 2.44 bits per heavy atom. The maximum atomic E-state index is 12.2. The van der Waals surface area contributed by atoms with E-state index >= 15 is 0 Å². The lowest BCUT2D eigenvalue weighted by Crippen LogP contribution is -2.41. The molecular formula is C15H28BrNO. The molecule has 0 radical (unpaired) electrons. The van der Waals surface area contributed by atoms with Gasteiger partial charge in [0.25, 0.3) is 0 Å². The van der Waals surface area contributed by atoms with Gasteiger partial charge in [-0.1, -0.05) is 43.1 Å². The second kappa shape index (κ2) is 7.52. The van der Waals surface area contributed by atoms with Gasteiger partial charge in [-0.05, 0) is 37.0 Å². The van der Waals surface area contributed by atoms with Crippen molar-refractivity contribution in [2.75, 3.05) is 18.4 Å². The lowest BCUT2D eigenvalue weighted by Gasteiger charge is -2.35. The van der Waals surface area contributed by atoms with Crippen LogP contribution in [0.15, 0.2) is 0 Å². The van der Waals surface area contributed by atoms with E-state index in [1.807, 2.05) is 0 Å². The van der Waals surface area contributed by atoms with Gasteiger partial charge in [-0.3, -0.25) is 4.79 Å². The third-order valence-corrected chi connectivity index (χ3v) is 6.00. The average Bonchev–Trinajstić information content (AvgIpc) is 2.59. The highest BCUT2D eigenvalue weighted by atomic mass is 79.9. The molecular weight excluding hydrogens is 290 g/mol. The minimum absolute atomic E-state index is 0.266. The molecule has 0 aliphatic carbocycles. The van der Waals surface area contributed by atoms with Crippen LogP contribution in [-0.2, 0) is 4.79 Å². The summed E-state index contributed by atoms with van der Waals surface area (Å²) in [5.74, 6) is 1.12. The maximum Gasteiger partial charge on any atom is 0.222 e. The molecule has 1 unspecified atom stereocenters. The first kappa shape index (κ1) is 16.0. The molecule has 0 aromatic heterocycles. The van der Waals surface area contributed by atoms with Crippen LogP contribution in [0.2, 0.25) is 0 Å². The van der Waals surface area contributed by atoms with E-state index < -0.39 is 0 Å². The fourth-order valence-corrected chi connectivity index (χ4v) is 3.75. The van der Waals surface area contributed by atoms with Crippen LogP contribution in [0.5, 0.6) is 0 Å². The highest BCUT2D eigenvalue weighted by Crippen LogP contribution is 2.31. The van der Waals surface area contributed by atoms with Gasteiger partial charge in [-0.15, -0.1) is 0 Å². The van der Waals surface area contributed by atoms with E-state index in [-0.39, 0.29) is 5.41 Å². The van der Waals surface area contributed by atoms with Crippen molar-refractivity contribution in [1.29, 1.82) is 0 Å². The zero-order chi connectivity index (χ0) is 13.6. The highest BCUT2D eigenvalue weighted by Gasteiger charge is 2.31. The molecule has 106 valence electrons. The molecule has 0 bridgehead atoms. The summed E-state index contributed by atoms with van der Waals surface area (Å²) in [7, 11) is 0. The fourth-order valence-electron chi connectivity index (χ4n) is 2.78. The Bertz CT molecular complexity index is 255. The van der Waals surface area contributed by atoms with E-state index in [1.165, 1.54) is 12.8 Å². The lowest BCUT2D eigenvalue weighted by atomic mass is 9.84. The zero-order valence-corrected chi connectivity index (χ0v) is 13.8. The van der Waals surface area contributed by atoms with Crippen molar-refractivity contribution < 1.29 is 4.79 Å². The average molecular weight is 318 g/mol. The topological polar surface area (TPSA) is 20.3 Å². The SMILES string of the molecule is CCC1CCC(=O)N(CC(CC)(CC)CBr)CC1. The van der Waals surface area contributed by atoms with Gasteiger partial charge in [-0.25, -0.2) is 0 Å². The Kier molecular flexibility index (Phi) is 6.68. The number of carbonyl (C=O) groups excluding carboxylic acids is 1. The van der Waals surface area contributed by atoms with Crippen LogP contribution in [0.4, 0.5) is 0 Å². The molecule has 18 heavy (non-hydrogen) atoms. The van der Waals surface area contributed by atoms with Crippen LogP contribution >= 0.6 is 15.9 Å². The predicted octanol–water partition coefficient (Wildman–Crippen LogP) is 4.23. The minimum Gasteiger partial charge on any atom is -0.342 e. The second-order valence-corrected chi connectivity index (χ2v) is 6.32. The van der Waals surface area contributed by atoms with Gasteiger partial charge in [0, 0.05) is 24.8 Å². The fraction of sp³-hybridized carbons (Fsp3) is 0.933. The number of nitrogens with zero attached hydrogens (tertiary/aromatic N) is 1. The van der Waals surface area contributed by atoms with Crippen molar-refractivity contribution in [2.24, 2.45) is 11.3 Å². The largest absolute Gasteiger partial charge is 0.342 e. The smallest absolute Gasteiger partial charge is 0.222 e. The standard InChI is InChI=1S/C15H28BrNO/c1-4-13-7-8-14(18)17(10-9-13)12-15(5-2,6-3)11-16/h13H,4-12H2,1-3H3. The van der Waals surface area contributed by atoms with E-state index in [1.54, 1.807) is 0 Å². The predicted molar refractivity (Wildman–Crippen MR) is 81.0 cm³/mol. The molecule has 0 saturated carbocycles. The van der Waals surface area contributed by atoms with E-state index in [4.69, 9.17) is 0 Å². The van der Waals surface area contributed by atoms with Crippen LogP contribution in [-0.4, -0.2) is 29.2 Å². The summed E-state index contributed by atoms with van der Waals surface area (Å²) >= 11 is 3.65. The Morgan fingerprint density at radius 2 is 1.94 bits per heavy atom. The summed E-state index contributed by atoms with van der Waals surface area (Å²) < 4.78 is 0. The van der Waals surface area contributed by atoms with Gasteiger partial charge < -0.3 is 4.90 Å². The van der Waals surface area contributed by atoms with Crippen molar-refractivity contribution in [3.63, 3.8) is 0 Å². The van der Waals surface area contributed by atoms with E-state index in [0.717, 1.165) is 50.0 Å². The van der Waals surface area contributed by atoms with E-state index in [2.05, 4.69) is 41.6 Å². The van der Waals surface area contributed by atoms with Gasteiger partial charge in [0.1, 0.15) is 0 Å². The summed E-state index contributed by atoms with van der Waals surface area (Å²) in [6.45, 7) is 8.61. The van der Waals surface area contributed by atoms with Crippen LogP contribution in [0, 0.1) is 11.3 Å². The number of hydrogen-bond donors (Lipinski definition) is 0. The summed E-state index contributed by atoms with van der Waals surface area (Å²) in [6.07, 6.45) is 6.52. The second-order valence-electron chi connectivity index (χ2n) is 5.76. The van der Waals surface area contributed by atoms with Gasteiger partial charge in [0.15, 0.2) is 0 Å². The molecule has 0 spiro atoms. The first-order valence-electron chi connectivity index (χ1n) is 7.44. The number of carbonyl (C=O) groups is 1. The number of rotatable bonds is 6. The van der Waals surface area contributed by atoms with Crippen molar-refractivity contribution in [2.45, 2.75) is 59.3 Å². The molecule has 1 atom stereocenters. The van der Waals surface area contributed by atoms with Gasteiger partial charge in [0.05, 0.1) is 0 Å². The Hall–Kier alpha value is -0.0500. The molecule has 1 fully saturated rings. The number of likely N-dealkylation sites (tertiary alicyclic amines) is 1. The van der Waals surface area contributed by atoms with Crippen LogP contribution in [0.1, 0.15) is 59.3 Å². The van der Waals surface area contributed by atoms with Crippen LogP contribution < -0.4 is 0 Å². The van der Waals surface area contributed by atoms with Gasteiger partial charge in [-0.2, -0.15) is 0 Å². The van der Waals surface area contributed by atoms with Crippen molar-refractivity contribution in [3.05, 3.63) is 0 Å².